The molecule has 0 aromatic heterocycles. The van der Waals surface area contributed by atoms with Crippen molar-refractivity contribution in [1.29, 1.82) is 0 Å². The van der Waals surface area contributed by atoms with Crippen molar-refractivity contribution in [1.82, 2.24) is 61.5 Å². The zero-order valence-electron chi connectivity index (χ0n) is 12.2. The van der Waals surface area contributed by atoms with Crippen LogP contribution in [0.25, 0.3) is 0 Å². The molecule has 166 valence electrons. The van der Waals surface area contributed by atoms with Gasteiger partial charge in [-0.25, -0.2) is 0 Å². The summed E-state index contributed by atoms with van der Waals surface area (Å²) in [5.41, 5.74) is 0. The Hall–Kier alpha value is 1.91. The molecule has 0 aliphatic carbocycles. The maximum atomic E-state index is 0. The van der Waals surface area contributed by atoms with Crippen LogP contribution in [0.1, 0.15) is 0 Å². The van der Waals surface area contributed by atoms with Crippen LogP contribution in [0.2, 0.25) is 0 Å². The number of hydrogen-bond acceptors (Lipinski definition) is 11. The van der Waals surface area contributed by atoms with E-state index in [4.69, 9.17) is 0 Å². The van der Waals surface area contributed by atoms with Crippen LogP contribution < -0.4 is 124 Å². The first-order chi connectivity index (χ1) is 0. The summed E-state index contributed by atoms with van der Waals surface area (Å²) in [5.74, 6) is 0. The molecule has 0 aliphatic rings. The summed E-state index contributed by atoms with van der Waals surface area (Å²) < 4.78 is 0. The Kier molecular flexibility index (Phi) is 467000. The van der Waals surface area contributed by atoms with Crippen molar-refractivity contribution in [3.8, 4) is 0 Å². The van der Waals surface area contributed by atoms with Gasteiger partial charge in [0.2, 0.25) is 0 Å². The Morgan fingerprint density at radius 2 is 0.227 bits per heavy atom. The van der Waals surface area contributed by atoms with Crippen molar-refractivity contribution in [2.24, 2.45) is 0 Å². The van der Waals surface area contributed by atoms with E-state index in [-0.39, 0.29) is 186 Å². The van der Waals surface area contributed by atoms with Crippen LogP contribution in [0.15, 0.2) is 0 Å². The van der Waals surface area contributed by atoms with Gasteiger partial charge in [-0.15, -0.1) is 0 Å². The standard InChI is InChI=1S/5ClH.2Cr.10H3N.5H2O/h5*1H;;;10*1H3;5*1H2/q;;;;;2*+3;;;;;;;;;;;;;;;/p-6. The Balaban J connectivity index is 0. The molecule has 39 N–H and O–H groups in total. The van der Waals surface area contributed by atoms with E-state index in [1.807, 2.05) is 0 Å². The maximum Gasteiger partial charge on any atom is 3.00 e. The van der Waals surface area contributed by atoms with Crippen LogP contribution in [0.4, 0.5) is 0 Å². The van der Waals surface area contributed by atoms with Crippen LogP contribution in [-0.4, -0.2) is 27.4 Å². The fraction of sp³-hybridized carbons (Fsp3) is 0. The number of rotatable bonds is 0. The molecule has 0 aromatic rings. The zero-order chi connectivity index (χ0) is 0. The summed E-state index contributed by atoms with van der Waals surface area (Å²) in [6.45, 7) is 0. The minimum atomic E-state index is 0. The third-order valence-electron chi connectivity index (χ3n) is 0. The molecule has 0 saturated heterocycles. The molecule has 0 aliphatic heterocycles. The second-order valence-electron chi connectivity index (χ2n) is 0. The summed E-state index contributed by atoms with van der Waals surface area (Å²) >= 11 is 0. The molecule has 0 unspecified atom stereocenters. The van der Waals surface area contributed by atoms with Gasteiger partial charge in [-0.1, -0.05) is 0 Å². The molecule has 0 saturated carbocycles. The summed E-state index contributed by atoms with van der Waals surface area (Å²) in [5, 5.41) is 0. The van der Waals surface area contributed by atoms with E-state index in [0.717, 1.165) is 0 Å². The van der Waals surface area contributed by atoms with Crippen LogP contribution in [-0.2, 0) is 34.7 Å². The topological polar surface area (TPSA) is 506 Å². The van der Waals surface area contributed by atoms with E-state index in [2.05, 4.69) is 0 Å². The molecule has 0 bridgehead atoms. The van der Waals surface area contributed by atoms with E-state index >= 15 is 0 Å². The molecule has 0 spiro atoms. The molecular weight excluding hydrogens is 501 g/mol. The van der Waals surface area contributed by atoms with Gasteiger partial charge < -0.3 is 151 Å². The maximum absolute atomic E-state index is 0. The Morgan fingerprint density at radius 1 is 0.227 bits per heavy atom. The van der Waals surface area contributed by atoms with Crippen molar-refractivity contribution < 1.29 is 124 Å². The van der Waals surface area contributed by atoms with Gasteiger partial charge in [0.1, 0.15) is 0 Å². The smallest absolute Gasteiger partial charge is 1.00 e. The second-order valence-corrected chi connectivity index (χ2v) is 0. The van der Waals surface area contributed by atoms with Crippen LogP contribution in [0.3, 0.4) is 0 Å². The fourth-order valence-electron chi connectivity index (χ4n) is 0. The summed E-state index contributed by atoms with van der Waals surface area (Å²) in [4.78, 5) is 0. The van der Waals surface area contributed by atoms with Crippen LogP contribution >= 0.6 is 0 Å². The van der Waals surface area contributed by atoms with Crippen molar-refractivity contribution in [2.75, 3.05) is 0 Å². The van der Waals surface area contributed by atoms with E-state index in [0.29, 0.717) is 0 Å². The van der Waals surface area contributed by atoms with Crippen molar-refractivity contribution in [3.05, 3.63) is 0 Å². The SMILES string of the molecule is N.N.N.N.N.N.N.N.N.N.O.O.O.O.[Cl-].[Cl-].[Cl-].[Cl-].[Cl-].[Cr+3].[Cr+3].[OH-]. The third-order valence-corrected chi connectivity index (χ3v) is 0. The van der Waals surface area contributed by atoms with Gasteiger partial charge in [0.05, 0.1) is 0 Å². The third kappa shape index (κ3) is 2610. The van der Waals surface area contributed by atoms with E-state index in [1.165, 1.54) is 0 Å². The summed E-state index contributed by atoms with van der Waals surface area (Å²) in [6.07, 6.45) is 0. The van der Waals surface area contributed by atoms with E-state index in [1.54, 1.807) is 0 Å². The Bertz CT molecular complexity index is 39.7. The minimum absolute atomic E-state index is 0. The van der Waals surface area contributed by atoms with Crippen LogP contribution in [0.5, 0.6) is 0 Å². The van der Waals surface area contributed by atoms with Crippen LogP contribution in [0, 0.1) is 0 Å². The quantitative estimate of drug-likeness (QED) is 0.137. The van der Waals surface area contributed by atoms with Gasteiger partial charge in [-0.2, -0.15) is 0 Å². The van der Waals surface area contributed by atoms with Gasteiger partial charge >= 0.3 is 34.7 Å². The first kappa shape index (κ1) is 3420. The molecule has 0 aromatic carbocycles. The molecule has 15 nitrogen and oxygen atoms in total. The molecule has 22 heavy (non-hydrogen) atoms. The molecule has 22 heteroatoms. The number of hydrogen-bond donors (Lipinski definition) is 10. The molecule has 2 radical (unpaired) electrons. The first-order valence-electron chi connectivity index (χ1n) is 0. The molecule has 0 rings (SSSR count). The molecule has 0 fully saturated rings. The van der Waals surface area contributed by atoms with Crippen molar-refractivity contribution in [3.63, 3.8) is 0 Å². The second kappa shape index (κ2) is 3000. The molecule has 0 atom stereocenters. The average Bonchev–Trinajstić information content (AvgIpc) is 0. The molecule has 0 amide bonds. The fourth-order valence-corrected chi connectivity index (χ4v) is 0. The zero-order valence-corrected chi connectivity index (χ0v) is 18.6. The van der Waals surface area contributed by atoms with Gasteiger partial charge in [-0.05, 0) is 0 Å². The molecular formula is H39Cl5Cr2N10O5. The average molecular weight is 541 g/mol. The van der Waals surface area contributed by atoms with Crippen molar-refractivity contribution in [2.45, 2.75) is 0 Å². The van der Waals surface area contributed by atoms with Gasteiger partial charge in [0.25, 0.3) is 0 Å². The normalized spacial score (nSPS) is 0. The summed E-state index contributed by atoms with van der Waals surface area (Å²) in [6, 6.07) is 0. The van der Waals surface area contributed by atoms with Gasteiger partial charge in [0.15, 0.2) is 0 Å². The monoisotopic (exact) mass is 538 g/mol. The van der Waals surface area contributed by atoms with Gasteiger partial charge in [-0.3, -0.25) is 0 Å². The first-order valence-corrected chi connectivity index (χ1v) is 0. The van der Waals surface area contributed by atoms with E-state index in [9.17, 15) is 0 Å². The van der Waals surface area contributed by atoms with Crippen molar-refractivity contribution >= 4 is 0 Å². The largest absolute Gasteiger partial charge is 3.00 e. The Morgan fingerprint density at radius 3 is 0.227 bits per heavy atom. The predicted molar refractivity (Wildman–Crippen MR) is 66.6 cm³/mol. The molecule has 0 heterocycles. The van der Waals surface area contributed by atoms with Gasteiger partial charge in [0, 0.05) is 0 Å². The predicted octanol–water partition coefficient (Wildman–Crippen LogP) is -16.8. The number of halogens is 5. The minimum Gasteiger partial charge on any atom is -1.00 e. The van der Waals surface area contributed by atoms with E-state index < -0.39 is 0 Å². The Labute approximate surface area is 185 Å². The summed E-state index contributed by atoms with van der Waals surface area (Å²) in [7, 11) is 0.